The van der Waals surface area contributed by atoms with Crippen LogP contribution in [0.1, 0.15) is 50.7 Å². The molecule has 0 aromatic heterocycles. The molecule has 1 atom stereocenters. The molecule has 1 aromatic carbocycles. The Morgan fingerprint density at radius 1 is 1.29 bits per heavy atom. The van der Waals surface area contributed by atoms with Gasteiger partial charge in [0.15, 0.2) is 0 Å². The van der Waals surface area contributed by atoms with E-state index in [1.54, 1.807) is 0 Å². The number of fused-ring (bicyclic) bond motifs is 1. The van der Waals surface area contributed by atoms with Gasteiger partial charge >= 0.3 is 0 Å². The predicted molar refractivity (Wildman–Crippen MR) is 75.3 cm³/mol. The van der Waals surface area contributed by atoms with Crippen LogP contribution < -0.4 is 0 Å². The molecule has 1 aromatic rings. The van der Waals surface area contributed by atoms with Crippen molar-refractivity contribution in [1.82, 2.24) is 0 Å². The maximum Gasteiger partial charge on any atom is 0.0663 e. The maximum absolute atomic E-state index is 4.91. The normalized spacial score (nSPS) is 18.8. The van der Waals surface area contributed by atoms with Crippen LogP contribution in [0.25, 0.3) is 0 Å². The number of hydrogen-bond acceptors (Lipinski definition) is 1. The average molecular weight is 229 g/mol. The van der Waals surface area contributed by atoms with Crippen LogP contribution in [0.15, 0.2) is 23.2 Å². The summed E-state index contributed by atoms with van der Waals surface area (Å²) in [6.45, 7) is 6.68. The molecule has 1 aliphatic heterocycles. The Morgan fingerprint density at radius 3 is 2.82 bits per heavy atom. The molecule has 0 saturated heterocycles. The van der Waals surface area contributed by atoms with E-state index in [0.717, 1.165) is 0 Å². The fourth-order valence-corrected chi connectivity index (χ4v) is 2.58. The molecular formula is C16H23N. The lowest BCUT2D eigenvalue weighted by atomic mass is 9.86. The molecule has 0 N–H and O–H groups in total. The van der Waals surface area contributed by atoms with E-state index in [1.807, 2.05) is 0 Å². The van der Waals surface area contributed by atoms with Gasteiger partial charge in [0.1, 0.15) is 0 Å². The Kier molecular flexibility index (Phi) is 3.98. The van der Waals surface area contributed by atoms with Gasteiger partial charge in [0.05, 0.1) is 5.69 Å². The molecule has 0 aliphatic carbocycles. The van der Waals surface area contributed by atoms with Crippen LogP contribution in [0, 0.1) is 12.8 Å². The van der Waals surface area contributed by atoms with Crippen molar-refractivity contribution in [2.45, 2.75) is 52.9 Å². The molecule has 92 valence electrons. The molecule has 0 saturated carbocycles. The largest absolute Gasteiger partial charge is 0.257 e. The number of hydrogen-bond donors (Lipinski definition) is 0. The number of benzene rings is 1. The van der Waals surface area contributed by atoms with E-state index in [1.165, 1.54) is 54.6 Å². The van der Waals surface area contributed by atoms with Crippen LogP contribution in [0.2, 0.25) is 0 Å². The van der Waals surface area contributed by atoms with E-state index >= 15 is 0 Å². The van der Waals surface area contributed by atoms with Crippen LogP contribution in [0.3, 0.4) is 0 Å². The number of nitrogens with zero attached hydrogens (tertiary/aromatic N) is 1. The Hall–Kier alpha value is -1.11. The summed E-state index contributed by atoms with van der Waals surface area (Å²) in [5.74, 6) is 0.678. The van der Waals surface area contributed by atoms with Gasteiger partial charge < -0.3 is 0 Å². The van der Waals surface area contributed by atoms with Crippen LogP contribution in [0.4, 0.5) is 5.69 Å². The first-order valence-corrected chi connectivity index (χ1v) is 6.91. The highest BCUT2D eigenvalue weighted by Crippen LogP contribution is 2.32. The highest BCUT2D eigenvalue weighted by molar-refractivity contribution is 5.91. The summed E-state index contributed by atoms with van der Waals surface area (Å²) in [7, 11) is 0. The summed E-state index contributed by atoms with van der Waals surface area (Å²) >= 11 is 0. The number of aliphatic imine (C=N–C) groups is 1. The van der Waals surface area contributed by atoms with Gasteiger partial charge in [0, 0.05) is 11.6 Å². The molecule has 0 radical (unpaired) electrons. The highest BCUT2D eigenvalue weighted by atomic mass is 14.8. The van der Waals surface area contributed by atoms with Gasteiger partial charge in [-0.05, 0) is 49.8 Å². The second-order valence-electron chi connectivity index (χ2n) is 5.15. The molecule has 0 fully saturated rings. The fourth-order valence-electron chi connectivity index (χ4n) is 2.58. The van der Waals surface area contributed by atoms with Crippen molar-refractivity contribution >= 4 is 11.4 Å². The minimum atomic E-state index is 0.678. The van der Waals surface area contributed by atoms with Crippen molar-refractivity contribution in [2.75, 3.05) is 0 Å². The van der Waals surface area contributed by atoms with Gasteiger partial charge in [-0.3, -0.25) is 4.99 Å². The molecule has 2 rings (SSSR count). The Morgan fingerprint density at radius 2 is 2.12 bits per heavy atom. The lowest BCUT2D eigenvalue weighted by Crippen LogP contribution is -2.19. The minimum absolute atomic E-state index is 0.678. The first-order chi connectivity index (χ1) is 8.24. The lowest BCUT2D eigenvalue weighted by Gasteiger charge is -2.24. The molecule has 1 heterocycles. The third kappa shape index (κ3) is 2.77. The quantitative estimate of drug-likeness (QED) is 0.700. The predicted octanol–water partition coefficient (Wildman–Crippen LogP) is 4.84. The van der Waals surface area contributed by atoms with Crippen LogP contribution in [-0.2, 0) is 6.42 Å². The average Bonchev–Trinajstić information content (AvgIpc) is 2.35. The second kappa shape index (κ2) is 5.48. The summed E-state index contributed by atoms with van der Waals surface area (Å²) in [5, 5.41) is 0. The van der Waals surface area contributed by atoms with E-state index in [2.05, 4.69) is 39.0 Å². The summed E-state index contributed by atoms with van der Waals surface area (Å²) in [6.07, 6.45) is 6.12. The summed E-state index contributed by atoms with van der Waals surface area (Å²) in [5.41, 5.74) is 5.41. The summed E-state index contributed by atoms with van der Waals surface area (Å²) < 4.78 is 0. The van der Waals surface area contributed by atoms with Gasteiger partial charge in [-0.2, -0.15) is 0 Å². The van der Waals surface area contributed by atoms with Crippen molar-refractivity contribution in [2.24, 2.45) is 10.9 Å². The minimum Gasteiger partial charge on any atom is -0.257 e. The fraction of sp³-hybridized carbons (Fsp3) is 0.562. The van der Waals surface area contributed by atoms with Crippen LogP contribution in [0.5, 0.6) is 0 Å². The molecule has 0 bridgehead atoms. The van der Waals surface area contributed by atoms with Crippen molar-refractivity contribution in [3.05, 3.63) is 29.3 Å². The third-order valence-electron chi connectivity index (χ3n) is 3.72. The summed E-state index contributed by atoms with van der Waals surface area (Å²) in [6, 6.07) is 6.69. The molecule has 1 heteroatoms. The van der Waals surface area contributed by atoms with Crippen molar-refractivity contribution in [3.8, 4) is 0 Å². The van der Waals surface area contributed by atoms with Crippen LogP contribution in [-0.4, -0.2) is 5.71 Å². The SMILES string of the molecule is CCCCC1=Nc2cc(C)ccc2CC1CC. The van der Waals surface area contributed by atoms with E-state index in [0.29, 0.717) is 5.92 Å². The molecular weight excluding hydrogens is 206 g/mol. The molecule has 1 nitrogen and oxygen atoms in total. The van der Waals surface area contributed by atoms with Crippen molar-refractivity contribution < 1.29 is 0 Å². The van der Waals surface area contributed by atoms with Gasteiger partial charge in [-0.25, -0.2) is 0 Å². The van der Waals surface area contributed by atoms with Crippen molar-refractivity contribution in [1.29, 1.82) is 0 Å². The Bertz CT molecular complexity index is 418. The topological polar surface area (TPSA) is 12.4 Å². The standard InChI is InChI=1S/C16H23N/c1-4-6-7-15-13(5-2)11-14-9-8-12(3)10-16(14)17-15/h8-10,13H,4-7,11H2,1-3H3. The zero-order valence-corrected chi connectivity index (χ0v) is 11.3. The van der Waals surface area contributed by atoms with Gasteiger partial charge in [-0.15, -0.1) is 0 Å². The zero-order valence-electron chi connectivity index (χ0n) is 11.3. The maximum atomic E-state index is 4.91. The zero-order chi connectivity index (χ0) is 12.3. The molecule has 0 amide bonds. The highest BCUT2D eigenvalue weighted by Gasteiger charge is 2.20. The van der Waals surface area contributed by atoms with E-state index in [4.69, 9.17) is 4.99 Å². The number of rotatable bonds is 4. The molecule has 0 spiro atoms. The number of unbranched alkanes of at least 4 members (excludes halogenated alkanes) is 1. The van der Waals surface area contributed by atoms with E-state index in [-0.39, 0.29) is 0 Å². The van der Waals surface area contributed by atoms with E-state index in [9.17, 15) is 0 Å². The van der Waals surface area contributed by atoms with E-state index < -0.39 is 0 Å². The molecule has 1 aliphatic rings. The second-order valence-corrected chi connectivity index (χ2v) is 5.15. The smallest absolute Gasteiger partial charge is 0.0663 e. The first-order valence-electron chi connectivity index (χ1n) is 6.91. The third-order valence-corrected chi connectivity index (χ3v) is 3.72. The van der Waals surface area contributed by atoms with Gasteiger partial charge in [-0.1, -0.05) is 32.4 Å². The van der Waals surface area contributed by atoms with Gasteiger partial charge in [0.2, 0.25) is 0 Å². The lowest BCUT2D eigenvalue weighted by molar-refractivity contribution is 0.631. The van der Waals surface area contributed by atoms with Gasteiger partial charge in [0.25, 0.3) is 0 Å². The van der Waals surface area contributed by atoms with Crippen molar-refractivity contribution in [3.63, 3.8) is 0 Å². The van der Waals surface area contributed by atoms with Crippen LogP contribution >= 0.6 is 0 Å². The molecule has 1 unspecified atom stereocenters. The Balaban J connectivity index is 2.28. The molecule has 17 heavy (non-hydrogen) atoms. The summed E-state index contributed by atoms with van der Waals surface area (Å²) in [4.78, 5) is 4.91. The first kappa shape index (κ1) is 12.3. The Labute approximate surface area is 105 Å². The monoisotopic (exact) mass is 229 g/mol. The number of aryl methyl sites for hydroxylation is 1.